The lowest BCUT2D eigenvalue weighted by Crippen LogP contribution is -1.98. The third-order valence-corrected chi connectivity index (χ3v) is 3.43. The van der Waals surface area contributed by atoms with Gasteiger partial charge in [0, 0.05) is 12.4 Å². The molecule has 0 aliphatic carbocycles. The van der Waals surface area contributed by atoms with Crippen LogP contribution in [0.25, 0.3) is 10.9 Å². The number of benzene rings is 1. The molecule has 0 bridgehead atoms. The standard InChI is InChI=1S/C12H15N3S/c1-3-8-16-11-9-6-4-5-7-10(9)14-12(13-2)15-11/h4-7H,3,8H2,1-2H3,(H,13,14,15). The Labute approximate surface area is 99.7 Å². The van der Waals surface area contributed by atoms with Crippen LogP contribution in [0.4, 0.5) is 5.95 Å². The number of nitrogens with one attached hydrogen (secondary N) is 1. The first-order chi connectivity index (χ1) is 7.85. The molecule has 16 heavy (non-hydrogen) atoms. The van der Waals surface area contributed by atoms with E-state index in [0.29, 0.717) is 5.95 Å². The van der Waals surface area contributed by atoms with Crippen LogP contribution in [-0.2, 0) is 0 Å². The largest absolute Gasteiger partial charge is 0.357 e. The minimum absolute atomic E-state index is 0.692. The maximum Gasteiger partial charge on any atom is 0.224 e. The van der Waals surface area contributed by atoms with Crippen molar-refractivity contribution in [1.29, 1.82) is 0 Å². The van der Waals surface area contributed by atoms with E-state index in [1.165, 1.54) is 0 Å². The monoisotopic (exact) mass is 233 g/mol. The summed E-state index contributed by atoms with van der Waals surface area (Å²) in [5.74, 6) is 1.78. The lowest BCUT2D eigenvalue weighted by atomic mass is 10.2. The van der Waals surface area contributed by atoms with E-state index in [-0.39, 0.29) is 0 Å². The van der Waals surface area contributed by atoms with Crippen LogP contribution in [0.3, 0.4) is 0 Å². The first-order valence-electron chi connectivity index (χ1n) is 5.42. The van der Waals surface area contributed by atoms with E-state index >= 15 is 0 Å². The number of rotatable bonds is 4. The first kappa shape index (κ1) is 11.2. The topological polar surface area (TPSA) is 37.8 Å². The molecule has 84 valence electrons. The number of fused-ring (bicyclic) bond motifs is 1. The maximum atomic E-state index is 4.50. The average molecular weight is 233 g/mol. The second kappa shape index (κ2) is 5.16. The minimum Gasteiger partial charge on any atom is -0.357 e. The van der Waals surface area contributed by atoms with Crippen molar-refractivity contribution in [2.24, 2.45) is 0 Å². The molecule has 0 fully saturated rings. The fraction of sp³-hybridized carbons (Fsp3) is 0.333. The molecule has 1 aromatic heterocycles. The zero-order chi connectivity index (χ0) is 11.4. The SMILES string of the molecule is CCCSc1nc(NC)nc2ccccc12. The highest BCUT2D eigenvalue weighted by Gasteiger charge is 2.06. The van der Waals surface area contributed by atoms with Gasteiger partial charge >= 0.3 is 0 Å². The van der Waals surface area contributed by atoms with Crippen molar-refractivity contribution in [3.63, 3.8) is 0 Å². The van der Waals surface area contributed by atoms with E-state index in [1.54, 1.807) is 11.8 Å². The molecular weight excluding hydrogens is 218 g/mol. The molecule has 0 atom stereocenters. The van der Waals surface area contributed by atoms with Crippen molar-refractivity contribution in [2.45, 2.75) is 18.4 Å². The molecule has 1 heterocycles. The number of aromatic nitrogens is 2. The molecule has 3 nitrogen and oxygen atoms in total. The van der Waals surface area contributed by atoms with E-state index in [2.05, 4.69) is 28.3 Å². The van der Waals surface area contributed by atoms with Crippen molar-refractivity contribution >= 4 is 28.6 Å². The minimum atomic E-state index is 0.692. The molecule has 4 heteroatoms. The molecule has 2 rings (SSSR count). The Kier molecular flexibility index (Phi) is 3.62. The fourth-order valence-corrected chi connectivity index (χ4v) is 2.34. The fourth-order valence-electron chi connectivity index (χ4n) is 1.47. The zero-order valence-corrected chi connectivity index (χ0v) is 10.3. The van der Waals surface area contributed by atoms with Gasteiger partial charge in [-0.25, -0.2) is 9.97 Å². The van der Waals surface area contributed by atoms with Crippen LogP contribution in [-0.4, -0.2) is 22.8 Å². The summed E-state index contributed by atoms with van der Waals surface area (Å²) in [6.45, 7) is 2.18. The summed E-state index contributed by atoms with van der Waals surface area (Å²) in [4.78, 5) is 8.92. The van der Waals surface area contributed by atoms with Crippen LogP contribution >= 0.6 is 11.8 Å². The van der Waals surface area contributed by atoms with Crippen LogP contribution in [0.2, 0.25) is 0 Å². The smallest absolute Gasteiger partial charge is 0.224 e. The molecule has 2 aromatic rings. The zero-order valence-electron chi connectivity index (χ0n) is 9.53. The van der Waals surface area contributed by atoms with Crippen molar-refractivity contribution in [1.82, 2.24) is 9.97 Å². The van der Waals surface area contributed by atoms with E-state index in [9.17, 15) is 0 Å². The van der Waals surface area contributed by atoms with Gasteiger partial charge < -0.3 is 5.32 Å². The summed E-state index contributed by atoms with van der Waals surface area (Å²) in [6.07, 6.45) is 1.15. The molecule has 1 N–H and O–H groups in total. The van der Waals surface area contributed by atoms with Crippen LogP contribution in [0.1, 0.15) is 13.3 Å². The van der Waals surface area contributed by atoms with Gasteiger partial charge in [0.15, 0.2) is 0 Å². The second-order valence-electron chi connectivity index (χ2n) is 3.47. The van der Waals surface area contributed by atoms with Crippen molar-refractivity contribution < 1.29 is 0 Å². The van der Waals surface area contributed by atoms with E-state index in [1.807, 2.05) is 25.2 Å². The van der Waals surface area contributed by atoms with E-state index < -0.39 is 0 Å². The van der Waals surface area contributed by atoms with Gasteiger partial charge in [0.1, 0.15) is 5.03 Å². The third-order valence-electron chi connectivity index (χ3n) is 2.23. The maximum absolute atomic E-state index is 4.50. The molecule has 0 saturated carbocycles. The highest BCUT2D eigenvalue weighted by Crippen LogP contribution is 2.26. The molecular formula is C12H15N3S. The van der Waals surface area contributed by atoms with Gasteiger partial charge in [0.25, 0.3) is 0 Å². The molecule has 0 unspecified atom stereocenters. The average Bonchev–Trinajstić information content (AvgIpc) is 2.35. The normalized spacial score (nSPS) is 10.6. The summed E-state index contributed by atoms with van der Waals surface area (Å²) in [7, 11) is 1.85. The Bertz CT molecular complexity index is 485. The number of hydrogen-bond acceptors (Lipinski definition) is 4. The number of para-hydroxylation sites is 1. The lowest BCUT2D eigenvalue weighted by Gasteiger charge is -2.06. The quantitative estimate of drug-likeness (QED) is 0.650. The number of hydrogen-bond donors (Lipinski definition) is 1. The lowest BCUT2D eigenvalue weighted by molar-refractivity contribution is 1.07. The van der Waals surface area contributed by atoms with Crippen LogP contribution in [0.5, 0.6) is 0 Å². The number of nitrogens with zero attached hydrogens (tertiary/aromatic N) is 2. The first-order valence-corrected chi connectivity index (χ1v) is 6.41. The molecule has 0 aliphatic rings. The van der Waals surface area contributed by atoms with Gasteiger partial charge in [-0.15, -0.1) is 11.8 Å². The Morgan fingerprint density at radius 1 is 1.25 bits per heavy atom. The van der Waals surface area contributed by atoms with E-state index in [0.717, 1.165) is 28.1 Å². The Hall–Kier alpha value is -1.29. The summed E-state index contributed by atoms with van der Waals surface area (Å²) in [5.41, 5.74) is 1.00. The highest BCUT2D eigenvalue weighted by molar-refractivity contribution is 7.99. The predicted octanol–water partition coefficient (Wildman–Crippen LogP) is 3.17. The summed E-state index contributed by atoms with van der Waals surface area (Å²) in [6, 6.07) is 8.13. The summed E-state index contributed by atoms with van der Waals surface area (Å²) >= 11 is 1.79. The van der Waals surface area contributed by atoms with Crippen LogP contribution in [0.15, 0.2) is 29.3 Å². The van der Waals surface area contributed by atoms with Gasteiger partial charge in [-0.05, 0) is 18.2 Å². The Balaban J connectivity index is 2.50. The molecule has 0 amide bonds. The Morgan fingerprint density at radius 3 is 2.81 bits per heavy atom. The molecule has 1 aromatic carbocycles. The van der Waals surface area contributed by atoms with Crippen LogP contribution in [0, 0.1) is 0 Å². The Morgan fingerprint density at radius 2 is 2.06 bits per heavy atom. The van der Waals surface area contributed by atoms with E-state index in [4.69, 9.17) is 0 Å². The summed E-state index contributed by atoms with van der Waals surface area (Å²) in [5, 5.41) is 5.21. The number of thioether (sulfide) groups is 1. The molecule has 0 radical (unpaired) electrons. The van der Waals surface area contributed by atoms with Gasteiger partial charge in [-0.1, -0.05) is 25.1 Å². The van der Waals surface area contributed by atoms with Gasteiger partial charge in [0.05, 0.1) is 5.52 Å². The molecule has 0 spiro atoms. The number of anilines is 1. The molecule has 0 aliphatic heterocycles. The molecule has 0 saturated heterocycles. The predicted molar refractivity (Wildman–Crippen MR) is 70.1 cm³/mol. The van der Waals surface area contributed by atoms with Gasteiger partial charge in [-0.2, -0.15) is 0 Å². The van der Waals surface area contributed by atoms with Gasteiger partial charge in [-0.3, -0.25) is 0 Å². The van der Waals surface area contributed by atoms with Crippen LogP contribution < -0.4 is 5.32 Å². The summed E-state index contributed by atoms with van der Waals surface area (Å²) < 4.78 is 0. The second-order valence-corrected chi connectivity index (χ2v) is 4.55. The highest BCUT2D eigenvalue weighted by atomic mass is 32.2. The van der Waals surface area contributed by atoms with Gasteiger partial charge in [0.2, 0.25) is 5.95 Å². The van der Waals surface area contributed by atoms with Crippen molar-refractivity contribution in [3.8, 4) is 0 Å². The van der Waals surface area contributed by atoms with Crippen molar-refractivity contribution in [3.05, 3.63) is 24.3 Å². The van der Waals surface area contributed by atoms with Crippen molar-refractivity contribution in [2.75, 3.05) is 18.1 Å². The third kappa shape index (κ3) is 2.27.